The van der Waals surface area contributed by atoms with Gasteiger partial charge in [0.15, 0.2) is 4.96 Å². The Morgan fingerprint density at radius 3 is 3.10 bits per heavy atom. The number of methoxy groups -OCH3 is 1. The molecule has 0 aliphatic heterocycles. The van der Waals surface area contributed by atoms with E-state index in [9.17, 15) is 4.79 Å². The van der Waals surface area contributed by atoms with E-state index >= 15 is 0 Å². The minimum absolute atomic E-state index is 0.291. The zero-order valence-electron chi connectivity index (χ0n) is 10.8. The summed E-state index contributed by atoms with van der Waals surface area (Å²) in [4.78, 5) is 17.2. The maximum Gasteiger partial charge on any atom is 0.277 e. The third kappa shape index (κ3) is 2.42. The maximum atomic E-state index is 12.1. The van der Waals surface area contributed by atoms with Crippen LogP contribution >= 0.6 is 22.7 Å². The van der Waals surface area contributed by atoms with Crippen LogP contribution in [0.3, 0.4) is 0 Å². The molecule has 3 heterocycles. The number of amides is 1. The van der Waals surface area contributed by atoms with E-state index in [1.165, 1.54) is 22.7 Å². The largest absolute Gasteiger partial charge is 0.377 e. The van der Waals surface area contributed by atoms with Gasteiger partial charge in [-0.15, -0.1) is 21.5 Å². The van der Waals surface area contributed by atoms with E-state index in [1.54, 1.807) is 13.3 Å². The predicted octanol–water partition coefficient (Wildman–Crippen LogP) is 1.95. The van der Waals surface area contributed by atoms with E-state index in [4.69, 9.17) is 4.74 Å². The van der Waals surface area contributed by atoms with Crippen LogP contribution in [0.2, 0.25) is 0 Å². The molecule has 0 bridgehead atoms. The lowest BCUT2D eigenvalue weighted by Crippen LogP contribution is -2.12. The first-order valence-electron chi connectivity index (χ1n) is 5.73. The summed E-state index contributed by atoms with van der Waals surface area (Å²) < 4.78 is 6.84. The molecule has 3 rings (SSSR count). The fraction of sp³-hybridized carbons (Fsp3) is 0.273. The van der Waals surface area contributed by atoms with Crippen LogP contribution in [-0.4, -0.2) is 32.6 Å². The third-order valence-corrected chi connectivity index (χ3v) is 4.35. The zero-order valence-corrected chi connectivity index (χ0v) is 12.4. The van der Waals surface area contributed by atoms with Crippen LogP contribution in [0.4, 0.5) is 5.13 Å². The van der Waals surface area contributed by atoms with Crippen molar-refractivity contribution < 1.29 is 9.53 Å². The molecule has 1 amide bonds. The van der Waals surface area contributed by atoms with Crippen LogP contribution in [0.15, 0.2) is 11.6 Å². The van der Waals surface area contributed by atoms with Crippen LogP contribution in [0.1, 0.15) is 21.2 Å². The Morgan fingerprint density at radius 1 is 1.50 bits per heavy atom. The first-order chi connectivity index (χ1) is 9.67. The molecule has 3 aromatic heterocycles. The number of nitrogens with one attached hydrogen (secondary N) is 1. The molecule has 0 spiro atoms. The molecule has 0 radical (unpaired) electrons. The summed E-state index contributed by atoms with van der Waals surface area (Å²) in [6.45, 7) is 2.35. The van der Waals surface area contributed by atoms with Crippen molar-refractivity contribution >= 4 is 38.7 Å². The molecule has 7 nitrogen and oxygen atoms in total. The maximum absolute atomic E-state index is 12.1. The van der Waals surface area contributed by atoms with Crippen molar-refractivity contribution in [2.45, 2.75) is 13.5 Å². The number of anilines is 1. The molecule has 20 heavy (non-hydrogen) atoms. The average Bonchev–Trinajstić information content (AvgIpc) is 3.09. The van der Waals surface area contributed by atoms with Gasteiger partial charge in [-0.25, -0.2) is 4.98 Å². The lowest BCUT2D eigenvalue weighted by molar-refractivity contribution is 0.102. The standard InChI is InChI=1S/C11H11N5O2S2/c1-6-5-19-11-12-7(3-16(6)11)9(17)13-10-15-14-8(20-10)4-18-2/h3,5H,4H2,1-2H3,(H,13,15,17). The molecule has 9 heteroatoms. The van der Waals surface area contributed by atoms with E-state index in [1.807, 2.05) is 16.7 Å². The third-order valence-electron chi connectivity index (χ3n) is 2.58. The van der Waals surface area contributed by atoms with Crippen molar-refractivity contribution in [1.82, 2.24) is 19.6 Å². The van der Waals surface area contributed by atoms with Gasteiger partial charge in [0, 0.05) is 24.4 Å². The van der Waals surface area contributed by atoms with E-state index in [2.05, 4.69) is 20.5 Å². The summed E-state index contributed by atoms with van der Waals surface area (Å²) in [5, 5.41) is 13.6. The summed E-state index contributed by atoms with van der Waals surface area (Å²) in [5.74, 6) is -0.291. The minimum atomic E-state index is -0.291. The normalized spacial score (nSPS) is 11.1. The molecule has 0 aliphatic carbocycles. The van der Waals surface area contributed by atoms with Crippen molar-refractivity contribution in [3.8, 4) is 0 Å². The van der Waals surface area contributed by atoms with Crippen molar-refractivity contribution in [2.75, 3.05) is 12.4 Å². The number of aromatic nitrogens is 4. The number of fused-ring (bicyclic) bond motifs is 1. The number of hydrogen-bond acceptors (Lipinski definition) is 7. The lowest BCUT2D eigenvalue weighted by atomic mass is 10.4. The van der Waals surface area contributed by atoms with Gasteiger partial charge in [-0.3, -0.25) is 14.5 Å². The Labute approximate surface area is 122 Å². The summed E-state index contributed by atoms with van der Waals surface area (Å²) in [7, 11) is 1.58. The quantitative estimate of drug-likeness (QED) is 0.796. The second-order valence-electron chi connectivity index (χ2n) is 4.04. The van der Waals surface area contributed by atoms with Crippen molar-refractivity contribution in [3.05, 3.63) is 28.0 Å². The Kier molecular flexibility index (Phi) is 3.47. The first-order valence-corrected chi connectivity index (χ1v) is 7.43. The number of ether oxygens (including phenoxy) is 1. The van der Waals surface area contributed by atoms with Crippen molar-refractivity contribution in [1.29, 1.82) is 0 Å². The summed E-state index contributed by atoms with van der Waals surface area (Å²) in [5.41, 5.74) is 1.42. The van der Waals surface area contributed by atoms with Crippen LogP contribution in [0, 0.1) is 6.92 Å². The second-order valence-corrected chi connectivity index (χ2v) is 5.94. The monoisotopic (exact) mass is 309 g/mol. The molecule has 0 atom stereocenters. The Bertz CT molecular complexity index is 760. The van der Waals surface area contributed by atoms with Crippen molar-refractivity contribution in [3.63, 3.8) is 0 Å². The number of aryl methyl sites for hydroxylation is 1. The van der Waals surface area contributed by atoms with Gasteiger partial charge < -0.3 is 4.74 Å². The minimum Gasteiger partial charge on any atom is -0.377 e. The van der Waals surface area contributed by atoms with Gasteiger partial charge in [0.25, 0.3) is 5.91 Å². The number of carbonyl (C=O) groups excluding carboxylic acids is 1. The summed E-state index contributed by atoms with van der Waals surface area (Å²) >= 11 is 2.78. The number of imidazole rings is 1. The van der Waals surface area contributed by atoms with Crippen LogP contribution in [0.5, 0.6) is 0 Å². The Morgan fingerprint density at radius 2 is 2.35 bits per heavy atom. The molecule has 0 aliphatic rings. The zero-order chi connectivity index (χ0) is 14.1. The van der Waals surface area contributed by atoms with Crippen LogP contribution in [0.25, 0.3) is 4.96 Å². The SMILES string of the molecule is COCc1nnc(NC(=O)c2cn3c(C)csc3n2)s1. The molecule has 0 fully saturated rings. The Hall–Kier alpha value is -1.84. The molecule has 0 saturated heterocycles. The van der Waals surface area contributed by atoms with Gasteiger partial charge in [0.05, 0.1) is 0 Å². The van der Waals surface area contributed by atoms with E-state index in [0.29, 0.717) is 22.4 Å². The second kappa shape index (κ2) is 5.27. The molecular formula is C11H11N5O2S2. The molecule has 1 N–H and O–H groups in total. The highest BCUT2D eigenvalue weighted by molar-refractivity contribution is 7.15. The van der Waals surface area contributed by atoms with Gasteiger partial charge in [0.2, 0.25) is 5.13 Å². The fourth-order valence-corrected chi connectivity index (χ4v) is 3.21. The number of rotatable bonds is 4. The molecule has 104 valence electrons. The first kappa shape index (κ1) is 13.2. The molecule has 0 saturated carbocycles. The highest BCUT2D eigenvalue weighted by Gasteiger charge is 2.15. The predicted molar refractivity (Wildman–Crippen MR) is 76.4 cm³/mol. The van der Waals surface area contributed by atoms with Gasteiger partial charge >= 0.3 is 0 Å². The van der Waals surface area contributed by atoms with E-state index < -0.39 is 0 Å². The highest BCUT2D eigenvalue weighted by Crippen LogP contribution is 2.19. The average molecular weight is 309 g/mol. The number of nitrogens with zero attached hydrogens (tertiary/aromatic N) is 4. The molecule has 0 unspecified atom stereocenters. The van der Waals surface area contributed by atoms with Crippen LogP contribution in [-0.2, 0) is 11.3 Å². The smallest absolute Gasteiger partial charge is 0.277 e. The lowest BCUT2D eigenvalue weighted by Gasteiger charge is -1.95. The number of carbonyl (C=O) groups is 1. The molecule has 0 aromatic carbocycles. The van der Waals surface area contributed by atoms with E-state index in [0.717, 1.165) is 10.7 Å². The number of thiazole rings is 1. The highest BCUT2D eigenvalue weighted by atomic mass is 32.1. The number of hydrogen-bond donors (Lipinski definition) is 1. The van der Waals surface area contributed by atoms with Gasteiger partial charge in [0.1, 0.15) is 17.3 Å². The topological polar surface area (TPSA) is 81.4 Å². The van der Waals surface area contributed by atoms with E-state index in [-0.39, 0.29) is 5.91 Å². The van der Waals surface area contributed by atoms with Gasteiger partial charge in [-0.05, 0) is 6.92 Å². The van der Waals surface area contributed by atoms with Crippen LogP contribution < -0.4 is 5.32 Å². The molecule has 3 aromatic rings. The summed E-state index contributed by atoms with van der Waals surface area (Å²) in [6, 6.07) is 0. The molecular weight excluding hydrogens is 298 g/mol. The van der Waals surface area contributed by atoms with Gasteiger partial charge in [-0.1, -0.05) is 11.3 Å². The Balaban J connectivity index is 1.77. The fourth-order valence-electron chi connectivity index (χ4n) is 1.65. The van der Waals surface area contributed by atoms with Gasteiger partial charge in [-0.2, -0.15) is 0 Å². The summed E-state index contributed by atoms with van der Waals surface area (Å²) in [6.07, 6.45) is 1.72. The van der Waals surface area contributed by atoms with Crippen molar-refractivity contribution in [2.24, 2.45) is 0 Å².